The second-order valence-electron chi connectivity index (χ2n) is 7.24. The molecular weight excluding hydrogens is 593 g/mol. The number of halogens is 17. The number of carbonyl (C=O) groups is 1. The molecule has 0 bridgehead atoms. The molecule has 38 heavy (non-hydrogen) atoms. The minimum absolute atomic E-state index is 0.0196. The highest BCUT2D eigenvalue weighted by Gasteiger charge is 2.95. The van der Waals surface area contributed by atoms with Gasteiger partial charge in [0.25, 0.3) is 5.56 Å². The van der Waals surface area contributed by atoms with E-state index >= 15 is 0 Å². The van der Waals surface area contributed by atoms with Gasteiger partial charge in [0.2, 0.25) is 0 Å². The number of rotatable bonds is 8. The maximum Gasteiger partial charge on any atom is 0.460 e. The van der Waals surface area contributed by atoms with Gasteiger partial charge in [0.05, 0.1) is 0 Å². The third-order valence-corrected chi connectivity index (χ3v) is 4.77. The van der Waals surface area contributed by atoms with Crippen molar-refractivity contribution < 1.29 is 79.4 Å². The molecule has 1 heterocycles. The van der Waals surface area contributed by atoms with E-state index in [0.717, 1.165) is 7.05 Å². The van der Waals surface area contributed by atoms with Gasteiger partial charge in [0, 0.05) is 20.2 Å². The summed E-state index contributed by atoms with van der Waals surface area (Å²) < 4.78 is 225. The summed E-state index contributed by atoms with van der Waals surface area (Å²) in [5.41, 5.74) is -3.02. The quantitative estimate of drug-likeness (QED) is 0.458. The number of anilines is 1. The van der Waals surface area contributed by atoms with E-state index in [2.05, 4.69) is 0 Å². The van der Waals surface area contributed by atoms with Gasteiger partial charge >= 0.3 is 59.2 Å². The van der Waals surface area contributed by atoms with Crippen molar-refractivity contribution in [2.75, 3.05) is 5.32 Å². The van der Waals surface area contributed by atoms with E-state index in [0.29, 0.717) is 12.4 Å². The molecule has 1 rings (SSSR count). The van der Waals surface area contributed by atoms with E-state index in [4.69, 9.17) is 0 Å². The van der Waals surface area contributed by atoms with Crippen LogP contribution in [0, 0.1) is 0 Å². The molecule has 6 nitrogen and oxygen atoms in total. The van der Waals surface area contributed by atoms with E-state index in [9.17, 15) is 89.0 Å². The van der Waals surface area contributed by atoms with Crippen molar-refractivity contribution in [2.24, 2.45) is 14.1 Å². The van der Waals surface area contributed by atoms with Crippen LogP contribution >= 0.6 is 0 Å². The number of amides is 1. The molecule has 220 valence electrons. The Morgan fingerprint density at radius 2 is 0.947 bits per heavy atom. The van der Waals surface area contributed by atoms with Crippen molar-refractivity contribution in [1.29, 1.82) is 0 Å². The number of carbonyl (C=O) groups excluding carboxylic acids is 1. The van der Waals surface area contributed by atoms with E-state index in [1.165, 1.54) is 0 Å². The maximum atomic E-state index is 13.9. The van der Waals surface area contributed by atoms with Crippen molar-refractivity contribution in [2.45, 2.75) is 47.6 Å². The van der Waals surface area contributed by atoms with Crippen molar-refractivity contribution in [3.8, 4) is 0 Å². The van der Waals surface area contributed by atoms with Gasteiger partial charge in [-0.25, -0.2) is 4.79 Å². The van der Waals surface area contributed by atoms with Crippen LogP contribution in [0.2, 0.25) is 0 Å². The lowest BCUT2D eigenvalue weighted by Gasteiger charge is -2.42. The smallest absolute Gasteiger partial charge is 0.306 e. The molecule has 1 N–H and O–H groups in total. The summed E-state index contributed by atoms with van der Waals surface area (Å²) in [5, 5.41) is 0.500. The predicted molar refractivity (Wildman–Crippen MR) is 86.2 cm³/mol. The molecule has 1 aromatic heterocycles. The summed E-state index contributed by atoms with van der Waals surface area (Å²) in [6.45, 7) is 0. The minimum Gasteiger partial charge on any atom is -0.306 e. The Labute approximate surface area is 195 Å². The fraction of sp³-hybridized carbons (Fsp3) is 0.667. The summed E-state index contributed by atoms with van der Waals surface area (Å²) in [6.07, 6.45) is -7.89. The maximum absolute atomic E-state index is 13.9. The summed E-state index contributed by atoms with van der Waals surface area (Å²) in [4.78, 5) is 34.5. The van der Waals surface area contributed by atoms with E-state index < -0.39 is 70.6 Å². The molecule has 0 fully saturated rings. The Hall–Kier alpha value is -3.04. The van der Waals surface area contributed by atoms with Crippen LogP contribution in [0.5, 0.6) is 0 Å². The first-order valence-electron chi connectivity index (χ1n) is 8.69. The van der Waals surface area contributed by atoms with Crippen LogP contribution in [-0.2, 0) is 18.9 Å². The van der Waals surface area contributed by atoms with Crippen LogP contribution in [0.4, 0.5) is 80.5 Å². The highest BCUT2D eigenvalue weighted by atomic mass is 19.4. The summed E-state index contributed by atoms with van der Waals surface area (Å²) >= 11 is 0. The third-order valence-electron chi connectivity index (χ3n) is 4.77. The molecule has 0 atom stereocenters. The predicted octanol–water partition coefficient (Wildman–Crippen LogP) is 4.03. The summed E-state index contributed by atoms with van der Waals surface area (Å²) in [6, 6.07) is -0.0196. The molecule has 0 aliphatic carbocycles. The number of alkyl halides is 17. The topological polar surface area (TPSA) is 73.1 Å². The second-order valence-corrected chi connectivity index (χ2v) is 7.24. The minimum atomic E-state index is -8.85. The molecule has 0 aromatic carbocycles. The second kappa shape index (κ2) is 8.74. The van der Waals surface area contributed by atoms with E-state index in [1.807, 2.05) is 0 Å². The Balaban J connectivity index is 3.68. The van der Waals surface area contributed by atoms with Crippen LogP contribution in [0.3, 0.4) is 0 Å². The van der Waals surface area contributed by atoms with Crippen LogP contribution in [-0.4, -0.2) is 62.7 Å². The molecule has 0 radical (unpaired) electrons. The Kier molecular flexibility index (Phi) is 7.59. The van der Waals surface area contributed by atoms with Crippen molar-refractivity contribution in [1.82, 2.24) is 9.13 Å². The Bertz CT molecular complexity index is 1210. The van der Waals surface area contributed by atoms with Crippen molar-refractivity contribution >= 4 is 11.7 Å². The molecular formula is C15H8F17N3O3. The van der Waals surface area contributed by atoms with Gasteiger partial charge in [0.15, 0.2) is 0 Å². The van der Waals surface area contributed by atoms with Crippen LogP contribution in [0.25, 0.3) is 0 Å². The largest absolute Gasteiger partial charge is 0.460 e. The molecule has 0 saturated heterocycles. The van der Waals surface area contributed by atoms with Crippen LogP contribution in [0.15, 0.2) is 15.7 Å². The third kappa shape index (κ3) is 4.16. The molecule has 0 saturated carbocycles. The van der Waals surface area contributed by atoms with E-state index in [1.54, 1.807) is 0 Å². The number of aromatic nitrogens is 2. The first-order chi connectivity index (χ1) is 16.4. The molecule has 0 aliphatic heterocycles. The molecule has 23 heteroatoms. The monoisotopic (exact) mass is 601 g/mol. The molecule has 0 unspecified atom stereocenters. The zero-order chi connectivity index (χ0) is 30.9. The van der Waals surface area contributed by atoms with Gasteiger partial charge in [-0.05, 0) is 0 Å². The van der Waals surface area contributed by atoms with Gasteiger partial charge < -0.3 is 5.32 Å². The number of nitrogens with zero attached hydrogens (tertiary/aromatic N) is 2. The van der Waals surface area contributed by atoms with Gasteiger partial charge in [0.1, 0.15) is 5.82 Å². The summed E-state index contributed by atoms with van der Waals surface area (Å²) in [5.74, 6) is -64.4. The highest BCUT2D eigenvalue weighted by Crippen LogP contribution is 2.63. The summed E-state index contributed by atoms with van der Waals surface area (Å²) in [7, 11) is 1.24. The van der Waals surface area contributed by atoms with E-state index in [-0.39, 0.29) is 15.2 Å². The normalized spacial score (nSPS) is 15.0. The van der Waals surface area contributed by atoms with Gasteiger partial charge in [-0.2, -0.15) is 74.6 Å². The molecule has 1 amide bonds. The average molecular weight is 601 g/mol. The average Bonchev–Trinajstić information content (AvgIpc) is 2.74. The standard InChI is InChI=1S/C15H8F17N3O3/c1-34-4(3-5(36)35(2)7(34)38)33-6(37)8(16,17)9(18,19)10(20,21)11(22,23)12(24,25)13(26,27)14(28,29)15(30,31)32/h3H,1-2H3,(H,33,37). The fourth-order valence-electron chi connectivity index (χ4n) is 2.35. The lowest BCUT2D eigenvalue weighted by Crippen LogP contribution is -2.75. The number of nitrogens with one attached hydrogen (secondary N) is 1. The Morgan fingerprint density at radius 1 is 0.605 bits per heavy atom. The lowest BCUT2D eigenvalue weighted by atomic mass is 9.89. The van der Waals surface area contributed by atoms with Crippen molar-refractivity contribution in [3.63, 3.8) is 0 Å². The Morgan fingerprint density at radius 3 is 1.32 bits per heavy atom. The van der Waals surface area contributed by atoms with Gasteiger partial charge in [-0.15, -0.1) is 0 Å². The fourth-order valence-corrected chi connectivity index (χ4v) is 2.35. The van der Waals surface area contributed by atoms with Crippen molar-refractivity contribution in [3.05, 3.63) is 26.9 Å². The first-order valence-corrected chi connectivity index (χ1v) is 8.69. The zero-order valence-corrected chi connectivity index (χ0v) is 17.6. The van der Waals surface area contributed by atoms with Gasteiger partial charge in [-0.1, -0.05) is 0 Å². The van der Waals surface area contributed by atoms with Gasteiger partial charge in [-0.3, -0.25) is 18.7 Å². The SMILES string of the molecule is Cn1c(NC(=O)C(F)(F)C(F)(F)C(F)(F)C(F)(F)C(F)(F)C(F)(F)C(F)(F)C(F)(F)F)cc(=O)n(C)c1=O. The number of hydrogen-bond donors (Lipinski definition) is 1. The van der Waals surface area contributed by atoms with Crippen LogP contribution in [0.1, 0.15) is 0 Å². The lowest BCUT2D eigenvalue weighted by molar-refractivity contribution is -0.459. The molecule has 0 aliphatic rings. The number of hydrogen-bond acceptors (Lipinski definition) is 3. The molecule has 1 aromatic rings. The molecule has 0 spiro atoms. The first kappa shape index (κ1) is 33.0. The highest BCUT2D eigenvalue weighted by molar-refractivity contribution is 5.96. The zero-order valence-electron chi connectivity index (χ0n) is 17.6. The van der Waals surface area contributed by atoms with Crippen LogP contribution < -0.4 is 16.6 Å².